The maximum atomic E-state index is 13.0. The number of hydrogen-bond donors (Lipinski definition) is 10. The molecule has 39 heavy (non-hydrogen) atoms. The minimum atomic E-state index is -1.64. The Hall–Kier alpha value is -4.48. The van der Waals surface area contributed by atoms with Crippen LogP contribution in [0.1, 0.15) is 51.4 Å². The number of carbonyl (C=O) groups is 7. The molecule has 0 aliphatic rings. The number of rotatable bonds is 20. The molecule has 4 amide bonds. The van der Waals surface area contributed by atoms with Crippen LogP contribution in [-0.2, 0) is 33.6 Å². The second-order valence-electron chi connectivity index (χ2n) is 8.45. The van der Waals surface area contributed by atoms with Gasteiger partial charge in [-0.25, -0.2) is 4.79 Å². The molecule has 0 fully saturated rings. The van der Waals surface area contributed by atoms with Crippen LogP contribution in [0.3, 0.4) is 0 Å². The first kappa shape index (κ1) is 34.5. The van der Waals surface area contributed by atoms with E-state index in [9.17, 15) is 38.7 Å². The summed E-state index contributed by atoms with van der Waals surface area (Å²) in [6.45, 7) is 0.194. The van der Waals surface area contributed by atoms with Crippen molar-refractivity contribution >= 4 is 47.5 Å². The molecule has 0 saturated carbocycles. The highest BCUT2D eigenvalue weighted by atomic mass is 16.4. The molecule has 0 aliphatic carbocycles. The number of aliphatic imine (C=N–C) groups is 1. The van der Waals surface area contributed by atoms with Gasteiger partial charge in [0.25, 0.3) is 0 Å². The summed E-state index contributed by atoms with van der Waals surface area (Å²) in [5.74, 6) is -8.01. The Morgan fingerprint density at radius 3 is 1.51 bits per heavy atom. The van der Waals surface area contributed by atoms with Crippen LogP contribution in [-0.4, -0.2) is 93.5 Å². The van der Waals surface area contributed by atoms with Crippen LogP contribution in [0.4, 0.5) is 0 Å². The lowest BCUT2D eigenvalue weighted by atomic mass is 10.0. The number of primary amides is 1. The van der Waals surface area contributed by atoms with E-state index in [1.54, 1.807) is 0 Å². The van der Waals surface area contributed by atoms with Gasteiger partial charge in [-0.15, -0.1) is 0 Å². The maximum Gasteiger partial charge on any atom is 0.326 e. The molecule has 0 spiro atoms. The van der Waals surface area contributed by atoms with E-state index in [2.05, 4.69) is 20.9 Å². The van der Waals surface area contributed by atoms with Crippen LogP contribution in [0.5, 0.6) is 0 Å². The Morgan fingerprint density at radius 2 is 1.08 bits per heavy atom. The van der Waals surface area contributed by atoms with Gasteiger partial charge in [0, 0.05) is 25.8 Å². The zero-order chi connectivity index (χ0) is 30.1. The summed E-state index contributed by atoms with van der Waals surface area (Å²) >= 11 is 0. The molecule has 14 N–H and O–H groups in total. The predicted octanol–water partition coefficient (Wildman–Crippen LogP) is -4.10. The zero-order valence-electron chi connectivity index (χ0n) is 21.1. The fraction of sp³-hybridized carbons (Fsp3) is 0.619. The molecule has 220 valence electrons. The normalized spacial score (nSPS) is 13.6. The molecule has 0 rings (SSSR count). The lowest BCUT2D eigenvalue weighted by Crippen LogP contribution is -2.57. The molecule has 0 bridgehead atoms. The first-order chi connectivity index (χ1) is 18.1. The summed E-state index contributed by atoms with van der Waals surface area (Å²) in [5.41, 5.74) is 21.4. The van der Waals surface area contributed by atoms with E-state index >= 15 is 0 Å². The molecule has 0 aliphatic heterocycles. The molecular weight excluding hydrogens is 524 g/mol. The quantitative estimate of drug-likeness (QED) is 0.0385. The Labute approximate surface area is 222 Å². The zero-order valence-corrected chi connectivity index (χ0v) is 21.1. The van der Waals surface area contributed by atoms with Gasteiger partial charge in [0.05, 0.1) is 6.04 Å². The molecule has 0 heterocycles. The van der Waals surface area contributed by atoms with Crippen molar-refractivity contribution in [3.05, 3.63) is 0 Å². The standard InChI is InChI=1S/C21H36N8O10/c22-10(2-1-9-26-21(24)25)17(35)27-11(3-6-14(23)30)18(36)28-12(4-7-15(31)32)19(37)29-13(20(38)39)5-8-16(33)34/h10-13H,1-9,22H2,(H2,23,30)(H,27,35)(H,28,36)(H,29,37)(H,31,32)(H,33,34)(H,38,39)(H4,24,25,26). The Bertz CT molecular complexity index is 938. The highest BCUT2D eigenvalue weighted by Crippen LogP contribution is 2.06. The molecular formula is C21H36N8O10. The number of carboxylic acid groups (broad SMARTS) is 3. The molecule has 0 aromatic carbocycles. The van der Waals surface area contributed by atoms with Gasteiger partial charge in [0.2, 0.25) is 23.6 Å². The summed E-state index contributed by atoms with van der Waals surface area (Å²) in [4.78, 5) is 86.5. The van der Waals surface area contributed by atoms with Crippen molar-refractivity contribution in [3.63, 3.8) is 0 Å². The first-order valence-corrected chi connectivity index (χ1v) is 11.8. The highest BCUT2D eigenvalue weighted by molar-refractivity contribution is 5.94. The van der Waals surface area contributed by atoms with Gasteiger partial charge in [0.1, 0.15) is 18.1 Å². The molecule has 18 heteroatoms. The first-order valence-electron chi connectivity index (χ1n) is 11.8. The van der Waals surface area contributed by atoms with Crippen molar-refractivity contribution in [1.29, 1.82) is 0 Å². The fourth-order valence-corrected chi connectivity index (χ4v) is 3.09. The fourth-order valence-electron chi connectivity index (χ4n) is 3.09. The van der Waals surface area contributed by atoms with Gasteiger partial charge < -0.3 is 54.2 Å². The second kappa shape index (κ2) is 17.9. The summed E-state index contributed by atoms with van der Waals surface area (Å²) in [6.07, 6.45) is -2.33. The SMILES string of the molecule is NC(=O)CCC(NC(=O)C(N)CCCN=C(N)N)C(=O)NC(CCC(=O)O)C(=O)NC(CCC(=O)O)C(=O)O. The molecule has 0 radical (unpaired) electrons. The third kappa shape index (κ3) is 16.1. The minimum Gasteiger partial charge on any atom is -0.481 e. The monoisotopic (exact) mass is 560 g/mol. The minimum absolute atomic E-state index is 0.128. The van der Waals surface area contributed by atoms with Crippen LogP contribution < -0.4 is 38.9 Å². The van der Waals surface area contributed by atoms with Crippen LogP contribution in [0, 0.1) is 0 Å². The van der Waals surface area contributed by atoms with Gasteiger partial charge in [-0.3, -0.25) is 33.8 Å². The smallest absolute Gasteiger partial charge is 0.326 e. The summed E-state index contributed by atoms with van der Waals surface area (Å²) in [7, 11) is 0. The van der Waals surface area contributed by atoms with E-state index in [1.807, 2.05) is 0 Å². The van der Waals surface area contributed by atoms with Crippen molar-refractivity contribution in [3.8, 4) is 0 Å². The van der Waals surface area contributed by atoms with E-state index in [0.717, 1.165) is 0 Å². The van der Waals surface area contributed by atoms with Gasteiger partial charge in [0.15, 0.2) is 5.96 Å². The molecule has 4 unspecified atom stereocenters. The van der Waals surface area contributed by atoms with Gasteiger partial charge in [-0.2, -0.15) is 0 Å². The number of amides is 4. The summed E-state index contributed by atoms with van der Waals surface area (Å²) in [6, 6.07) is -5.74. The average molecular weight is 561 g/mol. The summed E-state index contributed by atoms with van der Waals surface area (Å²) < 4.78 is 0. The Kier molecular flexibility index (Phi) is 15.8. The third-order valence-corrected chi connectivity index (χ3v) is 5.16. The van der Waals surface area contributed by atoms with Crippen molar-refractivity contribution in [1.82, 2.24) is 16.0 Å². The van der Waals surface area contributed by atoms with Crippen LogP contribution in [0.15, 0.2) is 4.99 Å². The topological polar surface area (TPSA) is 333 Å². The molecule has 0 aromatic heterocycles. The number of carboxylic acids is 3. The number of nitrogens with two attached hydrogens (primary N) is 4. The number of hydrogen-bond acceptors (Lipinski definition) is 9. The molecule has 0 aromatic rings. The number of nitrogens with one attached hydrogen (secondary N) is 3. The van der Waals surface area contributed by atoms with Gasteiger partial charge in [-0.05, 0) is 32.1 Å². The van der Waals surface area contributed by atoms with Gasteiger partial charge >= 0.3 is 17.9 Å². The molecule has 4 atom stereocenters. The lowest BCUT2D eigenvalue weighted by Gasteiger charge is -2.25. The lowest BCUT2D eigenvalue weighted by molar-refractivity contribution is -0.144. The van der Waals surface area contributed by atoms with E-state index in [0.29, 0.717) is 6.42 Å². The van der Waals surface area contributed by atoms with E-state index < -0.39 is 91.4 Å². The second-order valence-corrected chi connectivity index (χ2v) is 8.45. The number of aliphatic carboxylic acids is 3. The van der Waals surface area contributed by atoms with E-state index in [1.165, 1.54) is 0 Å². The van der Waals surface area contributed by atoms with Crippen LogP contribution >= 0.6 is 0 Å². The highest BCUT2D eigenvalue weighted by Gasteiger charge is 2.31. The number of nitrogens with zero attached hydrogens (tertiary/aromatic N) is 1. The Balaban J connectivity index is 5.58. The molecule has 0 saturated heterocycles. The van der Waals surface area contributed by atoms with Crippen LogP contribution in [0.2, 0.25) is 0 Å². The van der Waals surface area contributed by atoms with Gasteiger partial charge in [-0.1, -0.05) is 0 Å². The van der Waals surface area contributed by atoms with Crippen molar-refractivity contribution in [2.45, 2.75) is 75.5 Å². The van der Waals surface area contributed by atoms with E-state index in [-0.39, 0.29) is 31.8 Å². The Morgan fingerprint density at radius 1 is 0.641 bits per heavy atom. The van der Waals surface area contributed by atoms with Crippen molar-refractivity contribution < 1.29 is 48.9 Å². The number of carbonyl (C=O) groups excluding carboxylic acids is 4. The average Bonchev–Trinajstić information content (AvgIpc) is 2.83. The van der Waals surface area contributed by atoms with Crippen molar-refractivity contribution in [2.75, 3.05) is 6.54 Å². The third-order valence-electron chi connectivity index (χ3n) is 5.16. The number of guanidine groups is 1. The molecule has 18 nitrogen and oxygen atoms in total. The van der Waals surface area contributed by atoms with Crippen molar-refractivity contribution in [2.24, 2.45) is 27.9 Å². The predicted molar refractivity (Wildman–Crippen MR) is 133 cm³/mol. The summed E-state index contributed by atoms with van der Waals surface area (Å²) in [5, 5.41) is 33.7. The largest absolute Gasteiger partial charge is 0.481 e. The van der Waals surface area contributed by atoms with E-state index in [4.69, 9.17) is 33.1 Å². The van der Waals surface area contributed by atoms with Crippen LogP contribution in [0.25, 0.3) is 0 Å². The maximum absolute atomic E-state index is 13.0.